The molecule has 11 heavy (non-hydrogen) atoms. The summed E-state index contributed by atoms with van der Waals surface area (Å²) in [7, 11) is 1.15. The standard InChI is InChI=1S/C10H21P/c1-5-9-8(3)10(9)6-7(2)11-4/h7-11H,5-6H2,1-4H3. The SMILES string of the molecule is CCC1C(C)C1CC(C)PC. The zero-order valence-electron chi connectivity index (χ0n) is 8.22. The molecule has 0 bridgehead atoms. The fourth-order valence-corrected chi connectivity index (χ4v) is 2.73. The van der Waals surface area contributed by atoms with Crippen molar-refractivity contribution in [2.75, 3.05) is 6.66 Å². The Morgan fingerprint density at radius 1 is 1.36 bits per heavy atom. The molecule has 0 aliphatic heterocycles. The second kappa shape index (κ2) is 3.90. The fourth-order valence-electron chi connectivity index (χ4n) is 2.23. The van der Waals surface area contributed by atoms with E-state index in [0.29, 0.717) is 0 Å². The summed E-state index contributed by atoms with van der Waals surface area (Å²) < 4.78 is 0. The quantitative estimate of drug-likeness (QED) is 0.570. The summed E-state index contributed by atoms with van der Waals surface area (Å²) in [4.78, 5) is 0. The smallest absolute Gasteiger partial charge is 0.0265 e. The third-order valence-corrected chi connectivity index (χ3v) is 4.57. The normalized spacial score (nSPS) is 39.8. The zero-order chi connectivity index (χ0) is 8.43. The van der Waals surface area contributed by atoms with E-state index in [4.69, 9.17) is 0 Å². The van der Waals surface area contributed by atoms with Gasteiger partial charge in [-0.2, -0.15) is 0 Å². The van der Waals surface area contributed by atoms with E-state index < -0.39 is 0 Å². The summed E-state index contributed by atoms with van der Waals surface area (Å²) in [6.07, 6.45) is 2.90. The van der Waals surface area contributed by atoms with Gasteiger partial charge in [0.15, 0.2) is 0 Å². The first-order chi connectivity index (χ1) is 5.20. The van der Waals surface area contributed by atoms with Crippen LogP contribution in [-0.4, -0.2) is 12.3 Å². The molecular weight excluding hydrogens is 151 g/mol. The molecular formula is C10H21P. The van der Waals surface area contributed by atoms with E-state index in [9.17, 15) is 0 Å². The monoisotopic (exact) mass is 172 g/mol. The molecule has 0 radical (unpaired) electrons. The average molecular weight is 172 g/mol. The first-order valence-corrected chi connectivity index (χ1v) is 6.45. The Morgan fingerprint density at radius 2 is 2.00 bits per heavy atom. The largest absolute Gasteiger partial charge is 0.122 e. The van der Waals surface area contributed by atoms with Gasteiger partial charge in [-0.3, -0.25) is 0 Å². The fraction of sp³-hybridized carbons (Fsp3) is 1.00. The van der Waals surface area contributed by atoms with Crippen molar-refractivity contribution in [3.63, 3.8) is 0 Å². The molecule has 1 fully saturated rings. The molecule has 1 aliphatic rings. The van der Waals surface area contributed by atoms with Gasteiger partial charge in [-0.25, -0.2) is 0 Å². The van der Waals surface area contributed by atoms with Crippen LogP contribution in [0.1, 0.15) is 33.6 Å². The number of rotatable bonds is 4. The van der Waals surface area contributed by atoms with Gasteiger partial charge in [-0.1, -0.05) is 27.2 Å². The second-order valence-electron chi connectivity index (χ2n) is 4.02. The van der Waals surface area contributed by atoms with E-state index in [0.717, 1.165) is 32.0 Å². The maximum atomic E-state index is 2.42. The molecule has 1 heteroatoms. The molecule has 0 spiro atoms. The maximum Gasteiger partial charge on any atom is -0.0265 e. The Bertz CT molecular complexity index is 122. The van der Waals surface area contributed by atoms with Crippen LogP contribution in [0.25, 0.3) is 0 Å². The summed E-state index contributed by atoms with van der Waals surface area (Å²) >= 11 is 0. The lowest BCUT2D eigenvalue weighted by atomic mass is 10.2. The third-order valence-electron chi connectivity index (χ3n) is 3.35. The van der Waals surface area contributed by atoms with Crippen molar-refractivity contribution >= 4 is 8.58 Å². The van der Waals surface area contributed by atoms with Crippen molar-refractivity contribution in [2.24, 2.45) is 17.8 Å². The summed E-state index contributed by atoms with van der Waals surface area (Å²) in [6.45, 7) is 9.49. The van der Waals surface area contributed by atoms with Gasteiger partial charge in [0, 0.05) is 0 Å². The molecule has 66 valence electrons. The lowest BCUT2D eigenvalue weighted by Crippen LogP contribution is -1.95. The highest BCUT2D eigenvalue weighted by Crippen LogP contribution is 2.51. The Balaban J connectivity index is 2.20. The van der Waals surface area contributed by atoms with Crippen LogP contribution < -0.4 is 0 Å². The lowest BCUT2D eigenvalue weighted by molar-refractivity contribution is 0.626. The minimum absolute atomic E-state index is 0.985. The van der Waals surface area contributed by atoms with Crippen molar-refractivity contribution in [1.82, 2.24) is 0 Å². The molecule has 0 saturated heterocycles. The van der Waals surface area contributed by atoms with Gasteiger partial charge in [0.1, 0.15) is 0 Å². The first-order valence-electron chi connectivity index (χ1n) is 4.88. The highest BCUT2D eigenvalue weighted by Gasteiger charge is 2.44. The summed E-state index contributed by atoms with van der Waals surface area (Å²) in [5.74, 6) is 3.20. The van der Waals surface area contributed by atoms with Crippen molar-refractivity contribution in [2.45, 2.75) is 39.3 Å². The van der Waals surface area contributed by atoms with Crippen LogP contribution >= 0.6 is 8.58 Å². The first kappa shape index (κ1) is 9.52. The van der Waals surface area contributed by atoms with Gasteiger partial charge in [-0.05, 0) is 36.5 Å². The van der Waals surface area contributed by atoms with Crippen molar-refractivity contribution in [3.8, 4) is 0 Å². The van der Waals surface area contributed by atoms with Crippen LogP contribution in [0.15, 0.2) is 0 Å². The van der Waals surface area contributed by atoms with E-state index in [-0.39, 0.29) is 0 Å². The number of hydrogen-bond donors (Lipinski definition) is 0. The predicted molar refractivity (Wildman–Crippen MR) is 54.8 cm³/mol. The van der Waals surface area contributed by atoms with Crippen molar-refractivity contribution < 1.29 is 0 Å². The molecule has 1 aliphatic carbocycles. The molecule has 1 saturated carbocycles. The molecule has 5 unspecified atom stereocenters. The van der Waals surface area contributed by atoms with Crippen LogP contribution in [0.4, 0.5) is 0 Å². The third kappa shape index (κ3) is 2.18. The second-order valence-corrected chi connectivity index (χ2v) is 5.58. The van der Waals surface area contributed by atoms with Gasteiger partial charge in [0.2, 0.25) is 0 Å². The Morgan fingerprint density at radius 3 is 2.36 bits per heavy atom. The highest BCUT2D eigenvalue weighted by atomic mass is 31.1. The van der Waals surface area contributed by atoms with E-state index >= 15 is 0 Å². The van der Waals surface area contributed by atoms with E-state index in [1.54, 1.807) is 0 Å². The molecule has 0 amide bonds. The van der Waals surface area contributed by atoms with Gasteiger partial charge in [0.25, 0.3) is 0 Å². The topological polar surface area (TPSA) is 0 Å². The average Bonchev–Trinajstić information content (AvgIpc) is 2.61. The zero-order valence-corrected chi connectivity index (χ0v) is 9.22. The Kier molecular flexibility index (Phi) is 3.37. The van der Waals surface area contributed by atoms with Gasteiger partial charge < -0.3 is 0 Å². The summed E-state index contributed by atoms with van der Waals surface area (Å²) in [5.41, 5.74) is 0.985. The van der Waals surface area contributed by atoms with Crippen molar-refractivity contribution in [3.05, 3.63) is 0 Å². The Hall–Kier alpha value is 0.430. The molecule has 0 aromatic carbocycles. The lowest BCUT2D eigenvalue weighted by Gasteiger charge is -2.06. The summed E-state index contributed by atoms with van der Waals surface area (Å²) in [6, 6.07) is 0. The molecule has 0 aromatic rings. The van der Waals surface area contributed by atoms with Gasteiger partial charge >= 0.3 is 0 Å². The van der Waals surface area contributed by atoms with Crippen LogP contribution in [0, 0.1) is 17.8 Å². The van der Waals surface area contributed by atoms with Crippen LogP contribution in [0.5, 0.6) is 0 Å². The van der Waals surface area contributed by atoms with Gasteiger partial charge in [0.05, 0.1) is 0 Å². The molecule has 1 rings (SSSR count). The maximum absolute atomic E-state index is 2.42. The Labute approximate surface area is 72.9 Å². The van der Waals surface area contributed by atoms with E-state index in [2.05, 4.69) is 27.4 Å². The molecule has 5 atom stereocenters. The van der Waals surface area contributed by atoms with Crippen LogP contribution in [0.3, 0.4) is 0 Å². The van der Waals surface area contributed by atoms with Gasteiger partial charge in [-0.15, -0.1) is 8.58 Å². The van der Waals surface area contributed by atoms with E-state index in [1.807, 2.05) is 0 Å². The molecule has 0 heterocycles. The molecule has 0 N–H and O–H groups in total. The molecule has 0 aromatic heterocycles. The summed E-state index contributed by atoms with van der Waals surface area (Å²) in [5, 5.41) is 0. The minimum atomic E-state index is 0.985. The van der Waals surface area contributed by atoms with Crippen molar-refractivity contribution in [1.29, 1.82) is 0 Å². The van der Waals surface area contributed by atoms with Crippen LogP contribution in [0.2, 0.25) is 0 Å². The minimum Gasteiger partial charge on any atom is -0.122 e. The predicted octanol–water partition coefficient (Wildman–Crippen LogP) is 3.37. The number of hydrogen-bond acceptors (Lipinski definition) is 0. The van der Waals surface area contributed by atoms with E-state index in [1.165, 1.54) is 12.8 Å². The highest BCUT2D eigenvalue weighted by molar-refractivity contribution is 7.37. The van der Waals surface area contributed by atoms with Crippen LogP contribution in [-0.2, 0) is 0 Å². The molecule has 0 nitrogen and oxygen atoms in total.